The third kappa shape index (κ3) is 10.9. The molecule has 0 radical (unpaired) electrons. The van der Waals surface area contributed by atoms with Crippen molar-refractivity contribution in [3.8, 4) is 11.5 Å². The Kier molecular flexibility index (Phi) is 15.9. The third-order valence-electron chi connectivity index (χ3n) is 4.16. The van der Waals surface area contributed by atoms with Gasteiger partial charge in [0.2, 0.25) is 0 Å². The van der Waals surface area contributed by atoms with Crippen molar-refractivity contribution < 1.29 is 14.2 Å². The van der Waals surface area contributed by atoms with Crippen LogP contribution in [-0.4, -0.2) is 78.6 Å². The second-order valence-electron chi connectivity index (χ2n) is 6.26. The maximum absolute atomic E-state index is 5.44. The molecular weight excluding hydrogens is 471 g/mol. The Morgan fingerprint density at radius 2 is 1.89 bits per heavy atom. The average Bonchev–Trinajstić information content (AvgIpc) is 2.68. The van der Waals surface area contributed by atoms with Crippen LogP contribution < -0.4 is 20.1 Å². The molecule has 0 fully saturated rings. The number of hydrogen-bond donors (Lipinski definition) is 2. The zero-order valence-electron chi connectivity index (χ0n) is 17.9. The average molecular weight is 508 g/mol. The molecular formula is C20H37IN4O3. The maximum atomic E-state index is 5.44. The molecule has 0 saturated heterocycles. The number of rotatable bonds is 13. The fraction of sp³-hybridized carbons (Fsp3) is 0.650. The Labute approximate surface area is 187 Å². The first kappa shape index (κ1) is 26.7. The monoisotopic (exact) mass is 508 g/mol. The number of likely N-dealkylation sites (N-methyl/N-ethyl adjacent to an activating group) is 1. The molecule has 0 unspecified atom stereocenters. The molecule has 0 amide bonds. The number of nitrogens with one attached hydrogen (secondary N) is 2. The van der Waals surface area contributed by atoms with Crippen LogP contribution in [-0.2, 0) is 11.2 Å². The minimum absolute atomic E-state index is 0. The number of benzene rings is 1. The second-order valence-corrected chi connectivity index (χ2v) is 6.26. The van der Waals surface area contributed by atoms with Gasteiger partial charge in [-0.1, -0.05) is 0 Å². The molecule has 0 aliphatic carbocycles. The zero-order valence-corrected chi connectivity index (χ0v) is 20.2. The highest BCUT2D eigenvalue weighted by atomic mass is 127. The molecule has 1 aromatic carbocycles. The van der Waals surface area contributed by atoms with Crippen LogP contribution in [0.25, 0.3) is 0 Å². The molecule has 7 nitrogen and oxygen atoms in total. The van der Waals surface area contributed by atoms with Crippen LogP contribution in [0, 0.1) is 0 Å². The van der Waals surface area contributed by atoms with E-state index in [1.807, 2.05) is 18.2 Å². The van der Waals surface area contributed by atoms with Gasteiger partial charge in [0.15, 0.2) is 5.96 Å². The lowest BCUT2D eigenvalue weighted by Crippen LogP contribution is -2.39. The molecule has 0 heterocycles. The minimum atomic E-state index is 0. The standard InChI is InChI=1S/C20H36N4O3.HI/c1-6-21-20(23-12-14-24(2)13-7-15-25-3)22-11-10-17-16-18(26-4)8-9-19(17)27-5;/h8-9,16H,6-7,10-15H2,1-5H3,(H2,21,22,23);1H. The van der Waals surface area contributed by atoms with Gasteiger partial charge in [-0.2, -0.15) is 0 Å². The maximum Gasteiger partial charge on any atom is 0.191 e. The predicted molar refractivity (Wildman–Crippen MR) is 127 cm³/mol. The fourth-order valence-electron chi connectivity index (χ4n) is 2.66. The summed E-state index contributed by atoms with van der Waals surface area (Å²) in [5, 5.41) is 6.68. The molecule has 0 saturated carbocycles. The second kappa shape index (κ2) is 16.7. The quantitative estimate of drug-likeness (QED) is 0.185. The normalized spacial score (nSPS) is 11.1. The minimum Gasteiger partial charge on any atom is -0.497 e. The fourth-order valence-corrected chi connectivity index (χ4v) is 2.66. The Balaban J connectivity index is 0.00000729. The van der Waals surface area contributed by atoms with Gasteiger partial charge in [0.05, 0.1) is 20.8 Å². The van der Waals surface area contributed by atoms with Gasteiger partial charge in [-0.3, -0.25) is 4.99 Å². The molecule has 0 aliphatic heterocycles. The first-order valence-electron chi connectivity index (χ1n) is 9.55. The van der Waals surface area contributed by atoms with E-state index >= 15 is 0 Å². The number of aliphatic imine (C=N–C) groups is 1. The lowest BCUT2D eigenvalue weighted by Gasteiger charge is -2.16. The van der Waals surface area contributed by atoms with E-state index in [4.69, 9.17) is 14.2 Å². The smallest absolute Gasteiger partial charge is 0.191 e. The largest absolute Gasteiger partial charge is 0.497 e. The van der Waals surface area contributed by atoms with Crippen LogP contribution in [0.5, 0.6) is 11.5 Å². The van der Waals surface area contributed by atoms with Crippen molar-refractivity contribution in [3.63, 3.8) is 0 Å². The van der Waals surface area contributed by atoms with E-state index in [2.05, 4.69) is 34.5 Å². The first-order valence-corrected chi connectivity index (χ1v) is 9.55. The van der Waals surface area contributed by atoms with Crippen LogP contribution in [0.2, 0.25) is 0 Å². The van der Waals surface area contributed by atoms with Gasteiger partial charge in [-0.05, 0) is 50.6 Å². The topological polar surface area (TPSA) is 67.4 Å². The summed E-state index contributed by atoms with van der Waals surface area (Å²) in [5.41, 5.74) is 1.11. The molecule has 28 heavy (non-hydrogen) atoms. The van der Waals surface area contributed by atoms with Crippen molar-refractivity contribution in [2.45, 2.75) is 19.8 Å². The number of hydrogen-bond acceptors (Lipinski definition) is 5. The molecule has 0 aromatic heterocycles. The molecule has 0 spiro atoms. The van der Waals surface area contributed by atoms with E-state index in [1.165, 1.54) is 0 Å². The Morgan fingerprint density at radius 1 is 1.11 bits per heavy atom. The summed E-state index contributed by atoms with van der Waals surface area (Å²) < 4.78 is 15.8. The van der Waals surface area contributed by atoms with E-state index in [9.17, 15) is 0 Å². The van der Waals surface area contributed by atoms with Crippen molar-refractivity contribution >= 4 is 29.9 Å². The van der Waals surface area contributed by atoms with Crippen molar-refractivity contribution in [2.75, 3.05) is 67.7 Å². The summed E-state index contributed by atoms with van der Waals surface area (Å²) in [6.07, 6.45) is 1.86. The summed E-state index contributed by atoms with van der Waals surface area (Å²) in [5.74, 6) is 2.55. The first-order chi connectivity index (χ1) is 13.1. The summed E-state index contributed by atoms with van der Waals surface area (Å²) in [4.78, 5) is 6.93. The highest BCUT2D eigenvalue weighted by Gasteiger charge is 2.06. The summed E-state index contributed by atoms with van der Waals surface area (Å²) in [7, 11) is 7.21. The number of guanidine groups is 1. The van der Waals surface area contributed by atoms with E-state index in [0.717, 1.165) is 75.2 Å². The van der Waals surface area contributed by atoms with Crippen molar-refractivity contribution in [1.82, 2.24) is 15.5 Å². The summed E-state index contributed by atoms with van der Waals surface area (Å²) >= 11 is 0. The molecule has 0 aliphatic rings. The summed E-state index contributed by atoms with van der Waals surface area (Å²) in [6, 6.07) is 5.86. The van der Waals surface area contributed by atoms with Gasteiger partial charge in [-0.25, -0.2) is 0 Å². The van der Waals surface area contributed by atoms with Crippen LogP contribution >= 0.6 is 24.0 Å². The highest BCUT2D eigenvalue weighted by molar-refractivity contribution is 14.0. The molecule has 8 heteroatoms. The van der Waals surface area contributed by atoms with Crippen LogP contribution in [0.15, 0.2) is 23.2 Å². The lowest BCUT2D eigenvalue weighted by atomic mass is 10.1. The molecule has 1 aromatic rings. The van der Waals surface area contributed by atoms with Crippen LogP contribution in [0.1, 0.15) is 18.9 Å². The van der Waals surface area contributed by atoms with Crippen LogP contribution in [0.4, 0.5) is 0 Å². The van der Waals surface area contributed by atoms with E-state index in [0.29, 0.717) is 0 Å². The number of halogens is 1. The number of nitrogens with zero attached hydrogens (tertiary/aromatic N) is 2. The van der Waals surface area contributed by atoms with Gasteiger partial charge in [0.25, 0.3) is 0 Å². The van der Waals surface area contributed by atoms with Gasteiger partial charge in [-0.15, -0.1) is 24.0 Å². The van der Waals surface area contributed by atoms with Gasteiger partial charge < -0.3 is 29.7 Å². The Bertz CT molecular complexity index is 558. The third-order valence-corrected chi connectivity index (χ3v) is 4.16. The predicted octanol–water partition coefficient (Wildman–Crippen LogP) is 2.39. The molecule has 0 atom stereocenters. The molecule has 0 bridgehead atoms. The number of ether oxygens (including phenoxy) is 3. The van der Waals surface area contributed by atoms with E-state index in [-0.39, 0.29) is 24.0 Å². The van der Waals surface area contributed by atoms with E-state index in [1.54, 1.807) is 21.3 Å². The zero-order chi connectivity index (χ0) is 19.9. The highest BCUT2D eigenvalue weighted by Crippen LogP contribution is 2.24. The molecule has 2 N–H and O–H groups in total. The van der Waals surface area contributed by atoms with Gasteiger partial charge >= 0.3 is 0 Å². The molecule has 162 valence electrons. The van der Waals surface area contributed by atoms with Crippen LogP contribution in [0.3, 0.4) is 0 Å². The Hall–Kier alpha value is -1.26. The van der Waals surface area contributed by atoms with Gasteiger partial charge in [0, 0.05) is 39.9 Å². The SMILES string of the molecule is CCNC(=NCCN(C)CCCOC)NCCc1cc(OC)ccc1OC.I. The number of methoxy groups -OCH3 is 3. The van der Waals surface area contributed by atoms with Gasteiger partial charge in [0.1, 0.15) is 11.5 Å². The summed E-state index contributed by atoms with van der Waals surface area (Å²) in [6.45, 7) is 7.15. The molecule has 1 rings (SSSR count). The Morgan fingerprint density at radius 3 is 2.54 bits per heavy atom. The van der Waals surface area contributed by atoms with E-state index < -0.39 is 0 Å². The van der Waals surface area contributed by atoms with Crippen molar-refractivity contribution in [3.05, 3.63) is 23.8 Å². The van der Waals surface area contributed by atoms with Crippen molar-refractivity contribution in [2.24, 2.45) is 4.99 Å². The van der Waals surface area contributed by atoms with Crippen molar-refractivity contribution in [1.29, 1.82) is 0 Å². The lowest BCUT2D eigenvalue weighted by molar-refractivity contribution is 0.180.